The number of hydrogen-bond acceptors (Lipinski definition) is 3. The number of fused-ring (bicyclic) bond motifs is 1. The molecule has 2 aromatic heterocycles. The summed E-state index contributed by atoms with van der Waals surface area (Å²) < 4.78 is 6.72. The molecule has 3 nitrogen and oxygen atoms in total. The van der Waals surface area contributed by atoms with Gasteiger partial charge in [0.2, 0.25) is 0 Å². The van der Waals surface area contributed by atoms with E-state index in [1.54, 1.807) is 17.4 Å². The normalized spacial score (nSPS) is 10.8. The Bertz CT molecular complexity index is 746. The van der Waals surface area contributed by atoms with Crippen molar-refractivity contribution >= 4 is 39.8 Å². The fourth-order valence-electron chi connectivity index (χ4n) is 2.07. The molecule has 2 heterocycles. The van der Waals surface area contributed by atoms with E-state index in [4.69, 9.17) is 16.3 Å². The second-order valence-corrected chi connectivity index (χ2v) is 5.18. The molecule has 19 heavy (non-hydrogen) atoms. The van der Waals surface area contributed by atoms with Crippen molar-refractivity contribution in [3.63, 3.8) is 0 Å². The molecular formula is C14H10ClNO2S. The zero-order chi connectivity index (χ0) is 13.4. The molecule has 0 bridgehead atoms. The van der Waals surface area contributed by atoms with Crippen molar-refractivity contribution in [3.05, 3.63) is 51.8 Å². The zero-order valence-corrected chi connectivity index (χ0v) is 11.7. The van der Waals surface area contributed by atoms with Crippen LogP contribution in [0.1, 0.15) is 10.4 Å². The van der Waals surface area contributed by atoms with E-state index in [2.05, 4.69) is 0 Å². The summed E-state index contributed by atoms with van der Waals surface area (Å²) in [6.45, 7) is 0. The Hall–Kier alpha value is -1.78. The lowest BCUT2D eigenvalue weighted by Crippen LogP contribution is -2.03. The van der Waals surface area contributed by atoms with E-state index < -0.39 is 5.97 Å². The third-order valence-electron chi connectivity index (χ3n) is 2.98. The van der Waals surface area contributed by atoms with Gasteiger partial charge in [-0.3, -0.25) is 0 Å². The monoisotopic (exact) mass is 291 g/mol. The largest absolute Gasteiger partial charge is 0.465 e. The quantitative estimate of drug-likeness (QED) is 0.665. The van der Waals surface area contributed by atoms with Crippen LogP contribution in [0.2, 0.25) is 5.02 Å². The van der Waals surface area contributed by atoms with Gasteiger partial charge in [-0.2, -0.15) is 11.3 Å². The van der Waals surface area contributed by atoms with Crippen LogP contribution in [0.5, 0.6) is 0 Å². The predicted molar refractivity (Wildman–Crippen MR) is 77.5 cm³/mol. The first-order chi connectivity index (χ1) is 9.22. The van der Waals surface area contributed by atoms with Gasteiger partial charge in [0.15, 0.2) is 0 Å². The second-order valence-electron chi connectivity index (χ2n) is 4.02. The fourth-order valence-corrected chi connectivity index (χ4v) is 3.03. The van der Waals surface area contributed by atoms with Crippen molar-refractivity contribution in [1.82, 2.24) is 4.57 Å². The number of thiophene rings is 1. The molecule has 1 aromatic carbocycles. The maximum atomic E-state index is 11.7. The molecule has 3 aromatic rings. The number of carbonyl (C=O) groups is 1. The molecule has 0 saturated carbocycles. The lowest BCUT2D eigenvalue weighted by Gasteiger charge is -2.07. The van der Waals surface area contributed by atoms with Crippen LogP contribution in [0.25, 0.3) is 16.6 Å². The van der Waals surface area contributed by atoms with E-state index in [-0.39, 0.29) is 0 Å². The van der Waals surface area contributed by atoms with Gasteiger partial charge < -0.3 is 9.30 Å². The van der Waals surface area contributed by atoms with E-state index in [1.807, 2.05) is 39.7 Å². The van der Waals surface area contributed by atoms with Crippen molar-refractivity contribution in [2.75, 3.05) is 7.11 Å². The van der Waals surface area contributed by atoms with Gasteiger partial charge in [0.25, 0.3) is 0 Å². The molecule has 3 rings (SSSR count). The SMILES string of the molecule is COC(=O)c1ccc2ccn(-c3ccsc3)c2c1Cl. The minimum Gasteiger partial charge on any atom is -0.465 e. The summed E-state index contributed by atoms with van der Waals surface area (Å²) in [6, 6.07) is 7.54. The number of methoxy groups -OCH3 is 1. The lowest BCUT2D eigenvalue weighted by atomic mass is 10.1. The van der Waals surface area contributed by atoms with Crippen LogP contribution < -0.4 is 0 Å². The first kappa shape index (κ1) is 12.3. The average molecular weight is 292 g/mol. The third kappa shape index (κ3) is 1.93. The molecule has 0 aliphatic heterocycles. The summed E-state index contributed by atoms with van der Waals surface area (Å²) >= 11 is 7.97. The minimum atomic E-state index is -0.426. The Labute approximate surface area is 119 Å². The van der Waals surface area contributed by atoms with Gasteiger partial charge in [-0.05, 0) is 23.6 Å². The third-order valence-corrected chi connectivity index (χ3v) is 4.03. The van der Waals surface area contributed by atoms with Gasteiger partial charge in [-0.25, -0.2) is 4.79 Å². The van der Waals surface area contributed by atoms with Gasteiger partial charge in [-0.1, -0.05) is 17.7 Å². The highest BCUT2D eigenvalue weighted by Crippen LogP contribution is 2.31. The van der Waals surface area contributed by atoms with Crippen LogP contribution in [0.3, 0.4) is 0 Å². The van der Waals surface area contributed by atoms with Crippen LogP contribution in [0, 0.1) is 0 Å². The fraction of sp³-hybridized carbons (Fsp3) is 0.0714. The van der Waals surface area contributed by atoms with Gasteiger partial charge >= 0.3 is 5.97 Å². The molecule has 0 unspecified atom stereocenters. The molecular weight excluding hydrogens is 282 g/mol. The Morgan fingerprint density at radius 1 is 1.32 bits per heavy atom. The van der Waals surface area contributed by atoms with Crippen molar-refractivity contribution in [2.45, 2.75) is 0 Å². The molecule has 0 radical (unpaired) electrons. The van der Waals surface area contributed by atoms with Gasteiger partial charge in [0, 0.05) is 17.0 Å². The van der Waals surface area contributed by atoms with E-state index in [0.717, 1.165) is 16.6 Å². The van der Waals surface area contributed by atoms with E-state index in [1.165, 1.54) is 7.11 Å². The van der Waals surface area contributed by atoms with Crippen LogP contribution in [-0.2, 0) is 4.74 Å². The lowest BCUT2D eigenvalue weighted by molar-refractivity contribution is 0.0601. The molecule has 5 heteroatoms. The van der Waals surface area contributed by atoms with Crippen molar-refractivity contribution in [1.29, 1.82) is 0 Å². The second kappa shape index (κ2) is 4.72. The Morgan fingerprint density at radius 3 is 2.84 bits per heavy atom. The summed E-state index contributed by atoms with van der Waals surface area (Å²) in [5.41, 5.74) is 2.23. The number of esters is 1. The standard InChI is InChI=1S/C14H10ClNO2S/c1-18-14(17)11-3-2-9-4-6-16(13(9)12(11)15)10-5-7-19-8-10/h2-8H,1H3. The van der Waals surface area contributed by atoms with Crippen LogP contribution in [-0.4, -0.2) is 17.6 Å². The summed E-state index contributed by atoms with van der Waals surface area (Å²) in [4.78, 5) is 11.7. The summed E-state index contributed by atoms with van der Waals surface area (Å²) in [5, 5.41) is 5.43. The highest BCUT2D eigenvalue weighted by Gasteiger charge is 2.16. The number of carbonyl (C=O) groups excluding carboxylic acids is 1. The molecule has 96 valence electrons. The highest BCUT2D eigenvalue weighted by molar-refractivity contribution is 7.08. The molecule has 0 spiro atoms. The van der Waals surface area contributed by atoms with Crippen molar-refractivity contribution < 1.29 is 9.53 Å². The Morgan fingerprint density at radius 2 is 2.16 bits per heavy atom. The van der Waals surface area contributed by atoms with E-state index in [9.17, 15) is 4.79 Å². The van der Waals surface area contributed by atoms with Crippen molar-refractivity contribution in [2.24, 2.45) is 0 Å². The van der Waals surface area contributed by atoms with Gasteiger partial charge in [-0.15, -0.1) is 0 Å². The molecule has 0 atom stereocenters. The molecule has 0 fully saturated rings. The Balaban J connectivity index is 2.29. The van der Waals surface area contributed by atoms with Crippen LogP contribution in [0.15, 0.2) is 41.2 Å². The maximum Gasteiger partial charge on any atom is 0.339 e. The summed E-state index contributed by atoms with van der Waals surface area (Å²) in [7, 11) is 1.35. The molecule has 0 N–H and O–H groups in total. The number of halogens is 1. The number of nitrogens with zero attached hydrogens (tertiary/aromatic N) is 1. The van der Waals surface area contributed by atoms with Crippen LogP contribution >= 0.6 is 22.9 Å². The maximum absolute atomic E-state index is 11.7. The van der Waals surface area contributed by atoms with Crippen LogP contribution in [0.4, 0.5) is 0 Å². The molecule has 0 aliphatic carbocycles. The number of benzene rings is 1. The zero-order valence-electron chi connectivity index (χ0n) is 10.1. The number of ether oxygens (including phenoxy) is 1. The Kier molecular flexibility index (Phi) is 3.05. The predicted octanol–water partition coefficient (Wildman–Crippen LogP) is 4.13. The molecule has 0 amide bonds. The van der Waals surface area contributed by atoms with E-state index in [0.29, 0.717) is 10.6 Å². The number of hydrogen-bond donors (Lipinski definition) is 0. The first-order valence-corrected chi connectivity index (χ1v) is 6.95. The average Bonchev–Trinajstić information content (AvgIpc) is 3.06. The summed E-state index contributed by atoms with van der Waals surface area (Å²) in [6.07, 6.45) is 1.94. The number of aromatic nitrogens is 1. The van der Waals surface area contributed by atoms with Crippen molar-refractivity contribution in [3.8, 4) is 5.69 Å². The van der Waals surface area contributed by atoms with E-state index >= 15 is 0 Å². The molecule has 0 aliphatic rings. The summed E-state index contributed by atoms with van der Waals surface area (Å²) in [5.74, 6) is -0.426. The number of rotatable bonds is 2. The van der Waals surface area contributed by atoms with Gasteiger partial charge in [0.05, 0.1) is 28.9 Å². The van der Waals surface area contributed by atoms with Gasteiger partial charge in [0.1, 0.15) is 0 Å². The highest BCUT2D eigenvalue weighted by atomic mass is 35.5. The topological polar surface area (TPSA) is 31.2 Å². The minimum absolute atomic E-state index is 0.381. The molecule has 0 saturated heterocycles. The first-order valence-electron chi connectivity index (χ1n) is 5.63. The smallest absolute Gasteiger partial charge is 0.339 e.